The molecule has 6 nitrogen and oxygen atoms in total. The van der Waals surface area contributed by atoms with Crippen LogP contribution >= 0.6 is 0 Å². The quantitative estimate of drug-likeness (QED) is 0.781. The molecule has 2 aromatic rings. The van der Waals surface area contributed by atoms with Gasteiger partial charge in [-0.25, -0.2) is 0 Å². The molecule has 0 fully saturated rings. The number of nitrogens with one attached hydrogen (secondary N) is 3. The van der Waals surface area contributed by atoms with Gasteiger partial charge in [-0.2, -0.15) is 13.9 Å². The van der Waals surface area contributed by atoms with Crippen LogP contribution < -0.4 is 15.4 Å². The molecular formula is C18H20F2N4O2. The summed E-state index contributed by atoms with van der Waals surface area (Å²) in [5.41, 5.74) is 4.24. The van der Waals surface area contributed by atoms with E-state index in [1.807, 2.05) is 0 Å². The lowest BCUT2D eigenvalue weighted by molar-refractivity contribution is -0.0499. The smallest absolute Gasteiger partial charge is 0.387 e. The predicted octanol–water partition coefficient (Wildman–Crippen LogP) is 2.46. The lowest BCUT2D eigenvalue weighted by atomic mass is 9.87. The Morgan fingerprint density at radius 3 is 3.08 bits per heavy atom. The van der Waals surface area contributed by atoms with Crippen LogP contribution in [-0.2, 0) is 19.4 Å². The van der Waals surface area contributed by atoms with Crippen molar-refractivity contribution in [1.29, 1.82) is 0 Å². The van der Waals surface area contributed by atoms with E-state index in [9.17, 15) is 13.6 Å². The Morgan fingerprint density at radius 1 is 1.35 bits per heavy atom. The molecule has 138 valence electrons. The summed E-state index contributed by atoms with van der Waals surface area (Å²) in [6.45, 7) is -1.34. The largest absolute Gasteiger partial charge is 0.435 e. The Morgan fingerprint density at radius 2 is 2.23 bits per heavy atom. The Balaban J connectivity index is 1.53. The summed E-state index contributed by atoms with van der Waals surface area (Å²) in [5, 5.41) is 13.4. The van der Waals surface area contributed by atoms with Crippen molar-refractivity contribution in [2.75, 3.05) is 6.54 Å². The van der Waals surface area contributed by atoms with E-state index in [1.165, 1.54) is 6.07 Å². The molecule has 3 N–H and O–H groups in total. The standard InChI is InChI=1S/C18H20F2N4O2/c19-18(20)26-11-4-5-12-10(8-11)2-1-3-14(12)22-17(25)16-13-9-21-7-6-15(13)23-24-16/h4-5,8,14,18,21H,1-3,6-7,9H2,(H,22,25)(H,23,24). The van der Waals surface area contributed by atoms with Gasteiger partial charge in [0.15, 0.2) is 5.69 Å². The Kier molecular flexibility index (Phi) is 4.58. The van der Waals surface area contributed by atoms with Crippen LogP contribution in [0.3, 0.4) is 0 Å². The Labute approximate surface area is 149 Å². The van der Waals surface area contributed by atoms with E-state index >= 15 is 0 Å². The van der Waals surface area contributed by atoms with Gasteiger partial charge in [0.25, 0.3) is 5.91 Å². The zero-order valence-corrected chi connectivity index (χ0v) is 14.1. The average Bonchev–Trinajstić information content (AvgIpc) is 3.05. The molecule has 1 aliphatic carbocycles. The molecule has 26 heavy (non-hydrogen) atoms. The molecule has 1 unspecified atom stereocenters. The van der Waals surface area contributed by atoms with Crippen molar-refractivity contribution in [3.8, 4) is 5.75 Å². The van der Waals surface area contributed by atoms with Crippen molar-refractivity contribution < 1.29 is 18.3 Å². The average molecular weight is 362 g/mol. The van der Waals surface area contributed by atoms with E-state index in [0.717, 1.165) is 54.6 Å². The molecule has 1 atom stereocenters. The van der Waals surface area contributed by atoms with Gasteiger partial charge in [0.05, 0.1) is 6.04 Å². The Hall–Kier alpha value is -2.48. The fourth-order valence-electron chi connectivity index (χ4n) is 3.76. The van der Waals surface area contributed by atoms with E-state index < -0.39 is 6.61 Å². The highest BCUT2D eigenvalue weighted by Crippen LogP contribution is 2.33. The van der Waals surface area contributed by atoms with Crippen LogP contribution in [0.1, 0.15) is 51.8 Å². The highest BCUT2D eigenvalue weighted by molar-refractivity contribution is 5.94. The summed E-state index contributed by atoms with van der Waals surface area (Å²) in [7, 11) is 0. The molecule has 0 bridgehead atoms. The Bertz CT molecular complexity index is 822. The number of halogens is 2. The number of aryl methyl sites for hydroxylation is 1. The molecule has 2 aliphatic rings. The maximum atomic E-state index is 12.7. The monoisotopic (exact) mass is 362 g/mol. The zero-order valence-electron chi connectivity index (χ0n) is 14.1. The van der Waals surface area contributed by atoms with Gasteiger partial charge in [-0.3, -0.25) is 9.89 Å². The molecule has 0 radical (unpaired) electrons. The lowest BCUT2D eigenvalue weighted by Crippen LogP contribution is -2.33. The van der Waals surface area contributed by atoms with Crippen molar-refractivity contribution in [3.05, 3.63) is 46.3 Å². The first-order chi connectivity index (χ1) is 12.6. The first kappa shape index (κ1) is 17.0. The molecular weight excluding hydrogens is 342 g/mol. The number of hydrogen-bond donors (Lipinski definition) is 3. The number of rotatable bonds is 4. The van der Waals surface area contributed by atoms with Crippen molar-refractivity contribution in [3.63, 3.8) is 0 Å². The zero-order chi connectivity index (χ0) is 18.1. The van der Waals surface area contributed by atoms with Crippen molar-refractivity contribution >= 4 is 5.91 Å². The summed E-state index contributed by atoms with van der Waals surface area (Å²) in [4.78, 5) is 12.7. The summed E-state index contributed by atoms with van der Waals surface area (Å²) in [6.07, 6.45) is 3.29. The van der Waals surface area contributed by atoms with Crippen molar-refractivity contribution in [2.24, 2.45) is 0 Å². The molecule has 4 rings (SSSR count). The number of H-pyrrole nitrogens is 1. The number of benzene rings is 1. The third-order valence-electron chi connectivity index (χ3n) is 4.98. The maximum absolute atomic E-state index is 12.7. The molecule has 1 aromatic carbocycles. The van der Waals surface area contributed by atoms with E-state index in [2.05, 4.69) is 25.6 Å². The molecule has 0 spiro atoms. The summed E-state index contributed by atoms with van der Waals surface area (Å²) in [6, 6.07) is 4.77. The highest BCUT2D eigenvalue weighted by atomic mass is 19.3. The number of nitrogens with zero attached hydrogens (tertiary/aromatic N) is 1. The van der Waals surface area contributed by atoms with Gasteiger partial charge in [-0.1, -0.05) is 6.07 Å². The number of amides is 1. The molecule has 0 saturated carbocycles. The number of alkyl halides is 2. The van der Waals surface area contributed by atoms with Crippen LogP contribution in [0.4, 0.5) is 8.78 Å². The third-order valence-corrected chi connectivity index (χ3v) is 4.98. The van der Waals surface area contributed by atoms with Crippen LogP contribution in [-0.4, -0.2) is 29.3 Å². The molecule has 2 heterocycles. The minimum absolute atomic E-state index is 0.151. The first-order valence-electron chi connectivity index (χ1n) is 8.77. The van der Waals surface area contributed by atoms with Crippen molar-refractivity contribution in [1.82, 2.24) is 20.8 Å². The summed E-state index contributed by atoms with van der Waals surface area (Å²) in [5.74, 6) is -0.0601. The van der Waals surface area contributed by atoms with E-state index in [-0.39, 0.29) is 17.7 Å². The van der Waals surface area contributed by atoms with Gasteiger partial charge >= 0.3 is 6.61 Å². The third kappa shape index (κ3) is 3.29. The second-order valence-corrected chi connectivity index (χ2v) is 6.61. The SMILES string of the molecule is O=C(NC1CCCc2cc(OC(F)F)ccc21)c1n[nH]c2c1CNCC2. The highest BCUT2D eigenvalue weighted by Gasteiger charge is 2.26. The van der Waals surface area contributed by atoms with Crippen molar-refractivity contribution in [2.45, 2.75) is 44.9 Å². The number of fused-ring (bicyclic) bond motifs is 2. The van der Waals surface area contributed by atoms with Gasteiger partial charge in [0.1, 0.15) is 5.75 Å². The number of carbonyl (C=O) groups excluding carboxylic acids is 1. The van der Waals surface area contributed by atoms with Gasteiger partial charge in [-0.15, -0.1) is 0 Å². The minimum atomic E-state index is -2.84. The van der Waals surface area contributed by atoms with E-state index in [0.29, 0.717) is 12.2 Å². The number of ether oxygens (including phenoxy) is 1. The fourth-order valence-corrected chi connectivity index (χ4v) is 3.76. The number of aromatic amines is 1. The van der Waals surface area contributed by atoms with Crippen LogP contribution in [0.5, 0.6) is 5.75 Å². The minimum Gasteiger partial charge on any atom is -0.435 e. The number of carbonyl (C=O) groups is 1. The van der Waals surface area contributed by atoms with Crippen LogP contribution in [0, 0.1) is 0 Å². The lowest BCUT2D eigenvalue weighted by Gasteiger charge is -2.27. The second-order valence-electron chi connectivity index (χ2n) is 6.61. The second kappa shape index (κ2) is 7.03. The van der Waals surface area contributed by atoms with Gasteiger partial charge in [-0.05, 0) is 42.5 Å². The normalized spacial score (nSPS) is 19.0. The molecule has 1 aliphatic heterocycles. The van der Waals surface area contributed by atoms with E-state index in [1.54, 1.807) is 12.1 Å². The first-order valence-corrected chi connectivity index (χ1v) is 8.77. The van der Waals surface area contributed by atoms with E-state index in [4.69, 9.17) is 0 Å². The van der Waals surface area contributed by atoms with Crippen LogP contribution in [0.2, 0.25) is 0 Å². The number of hydrogen-bond acceptors (Lipinski definition) is 4. The summed E-state index contributed by atoms with van der Waals surface area (Å²) < 4.78 is 29.3. The van der Waals surface area contributed by atoms with Gasteiger partial charge in [0, 0.05) is 30.8 Å². The fraction of sp³-hybridized carbons (Fsp3) is 0.444. The summed E-state index contributed by atoms with van der Waals surface area (Å²) >= 11 is 0. The van der Waals surface area contributed by atoms with Gasteiger partial charge in [0.2, 0.25) is 0 Å². The van der Waals surface area contributed by atoms with Gasteiger partial charge < -0.3 is 15.4 Å². The van der Waals surface area contributed by atoms with Crippen LogP contribution in [0.15, 0.2) is 18.2 Å². The predicted molar refractivity (Wildman–Crippen MR) is 90.2 cm³/mol. The maximum Gasteiger partial charge on any atom is 0.387 e. The van der Waals surface area contributed by atoms with Crippen LogP contribution in [0.25, 0.3) is 0 Å². The topological polar surface area (TPSA) is 79.0 Å². The molecule has 1 amide bonds. The molecule has 0 saturated heterocycles. The number of aromatic nitrogens is 2. The molecule has 8 heteroatoms. The molecule has 1 aromatic heterocycles.